The smallest absolute Gasteiger partial charge is 0.275 e. The number of rotatable bonds is 5. The number of amides is 1. The van der Waals surface area contributed by atoms with Gasteiger partial charge in [0.15, 0.2) is 0 Å². The summed E-state index contributed by atoms with van der Waals surface area (Å²) in [5.74, 6) is -0.205. The van der Waals surface area contributed by atoms with Crippen molar-refractivity contribution < 1.29 is 4.79 Å². The Morgan fingerprint density at radius 2 is 2.27 bits per heavy atom. The normalized spacial score (nSPS) is 11.0. The molecule has 3 aromatic rings. The molecule has 0 aliphatic carbocycles. The molecule has 6 heteroatoms. The maximum absolute atomic E-state index is 12.2. The number of hydrogen-bond donors (Lipinski definition) is 2. The van der Waals surface area contributed by atoms with Gasteiger partial charge in [0.25, 0.3) is 5.91 Å². The van der Waals surface area contributed by atoms with Crippen molar-refractivity contribution in [1.82, 2.24) is 9.55 Å². The highest BCUT2D eigenvalue weighted by atomic mass is 32.1. The van der Waals surface area contributed by atoms with E-state index >= 15 is 0 Å². The van der Waals surface area contributed by atoms with E-state index in [-0.39, 0.29) is 5.91 Å². The molecule has 0 bridgehead atoms. The van der Waals surface area contributed by atoms with Crippen LogP contribution in [0.2, 0.25) is 0 Å². The number of carbonyl (C=O) groups excluding carboxylic acids is 1. The Kier molecular flexibility index (Phi) is 4.22. The number of anilines is 1. The topological polar surface area (TPSA) is 72.9 Å². The third-order valence-electron chi connectivity index (χ3n) is 3.45. The molecule has 0 spiro atoms. The van der Waals surface area contributed by atoms with Gasteiger partial charge in [0.2, 0.25) is 0 Å². The Morgan fingerprint density at radius 3 is 3.00 bits per heavy atom. The lowest BCUT2D eigenvalue weighted by atomic mass is 10.2. The summed E-state index contributed by atoms with van der Waals surface area (Å²) in [4.78, 5) is 16.4. The minimum absolute atomic E-state index is 0.205. The highest BCUT2D eigenvalue weighted by molar-refractivity contribution is 7.09. The highest BCUT2D eigenvalue weighted by Gasteiger charge is 2.11. The van der Waals surface area contributed by atoms with E-state index in [1.54, 1.807) is 5.38 Å². The first-order chi connectivity index (χ1) is 10.7. The fourth-order valence-corrected chi connectivity index (χ4v) is 3.07. The van der Waals surface area contributed by atoms with Crippen LogP contribution < -0.4 is 11.1 Å². The average molecular weight is 314 g/mol. The first kappa shape index (κ1) is 14.7. The van der Waals surface area contributed by atoms with Crippen LogP contribution in [-0.4, -0.2) is 15.5 Å². The van der Waals surface area contributed by atoms with Gasteiger partial charge in [-0.15, -0.1) is 11.3 Å². The Balaban J connectivity index is 1.80. The van der Waals surface area contributed by atoms with Gasteiger partial charge >= 0.3 is 0 Å². The number of benzene rings is 1. The number of nitrogens with one attached hydrogen (secondary N) is 1. The molecule has 5 nitrogen and oxygen atoms in total. The monoisotopic (exact) mass is 314 g/mol. The van der Waals surface area contributed by atoms with Crippen LogP contribution in [-0.2, 0) is 13.1 Å². The van der Waals surface area contributed by atoms with E-state index in [4.69, 9.17) is 5.73 Å². The zero-order valence-corrected chi connectivity index (χ0v) is 13.2. The zero-order chi connectivity index (χ0) is 15.5. The van der Waals surface area contributed by atoms with Crippen LogP contribution in [0.1, 0.15) is 28.8 Å². The minimum Gasteiger partial charge on any atom is -0.347 e. The molecule has 0 atom stereocenters. The molecule has 0 aliphatic heterocycles. The summed E-state index contributed by atoms with van der Waals surface area (Å²) < 4.78 is 2.22. The molecular formula is C16H18N4OS. The number of carbonyl (C=O) groups is 1. The predicted octanol–water partition coefficient (Wildman–Crippen LogP) is 3.22. The molecule has 2 heterocycles. The van der Waals surface area contributed by atoms with Crippen molar-refractivity contribution in [3.8, 4) is 0 Å². The summed E-state index contributed by atoms with van der Waals surface area (Å²) >= 11 is 1.40. The van der Waals surface area contributed by atoms with Gasteiger partial charge in [-0.25, -0.2) is 4.98 Å². The Morgan fingerprint density at radius 1 is 1.41 bits per heavy atom. The van der Waals surface area contributed by atoms with Gasteiger partial charge in [-0.2, -0.15) is 0 Å². The predicted molar refractivity (Wildman–Crippen MR) is 90.2 cm³/mol. The molecule has 22 heavy (non-hydrogen) atoms. The number of aromatic nitrogens is 2. The Labute approximate surface area is 132 Å². The molecule has 0 unspecified atom stereocenters. The molecule has 2 aromatic heterocycles. The Hall–Kier alpha value is -2.18. The second-order valence-electron chi connectivity index (χ2n) is 5.07. The van der Waals surface area contributed by atoms with Crippen LogP contribution in [0, 0.1) is 0 Å². The number of hydrogen-bond acceptors (Lipinski definition) is 4. The van der Waals surface area contributed by atoms with Gasteiger partial charge in [0.05, 0.1) is 0 Å². The SMILES string of the molecule is CCCn1ccc2cc(NC(=O)c3csc(CN)n3)ccc21. The summed E-state index contributed by atoms with van der Waals surface area (Å²) in [6, 6.07) is 8.00. The van der Waals surface area contributed by atoms with Crippen molar-refractivity contribution in [3.63, 3.8) is 0 Å². The van der Waals surface area contributed by atoms with Crippen molar-refractivity contribution in [1.29, 1.82) is 0 Å². The molecule has 0 saturated carbocycles. The first-order valence-corrected chi connectivity index (χ1v) is 8.14. The van der Waals surface area contributed by atoms with E-state index in [0.29, 0.717) is 12.2 Å². The summed E-state index contributed by atoms with van der Waals surface area (Å²) in [5.41, 5.74) is 7.88. The number of thiazole rings is 1. The van der Waals surface area contributed by atoms with Crippen LogP contribution in [0.3, 0.4) is 0 Å². The number of nitrogens with zero attached hydrogens (tertiary/aromatic N) is 2. The largest absolute Gasteiger partial charge is 0.347 e. The average Bonchev–Trinajstić information content (AvgIpc) is 3.14. The fraction of sp³-hybridized carbons (Fsp3) is 0.250. The standard InChI is InChI=1S/C16H18N4OS/c1-2-6-20-7-5-11-8-12(3-4-14(11)20)18-16(21)13-10-22-15(9-17)19-13/h3-5,7-8,10H,2,6,9,17H2,1H3,(H,18,21). The van der Waals surface area contributed by atoms with E-state index < -0.39 is 0 Å². The third kappa shape index (κ3) is 2.88. The lowest BCUT2D eigenvalue weighted by Crippen LogP contribution is -2.12. The van der Waals surface area contributed by atoms with E-state index in [0.717, 1.165) is 29.0 Å². The molecule has 1 aromatic carbocycles. The van der Waals surface area contributed by atoms with Gasteiger partial charge in [0, 0.05) is 41.3 Å². The molecule has 1 amide bonds. The molecule has 0 fully saturated rings. The van der Waals surface area contributed by atoms with Gasteiger partial charge in [-0.1, -0.05) is 6.92 Å². The van der Waals surface area contributed by atoms with Crippen LogP contribution in [0.25, 0.3) is 10.9 Å². The molecule has 0 radical (unpaired) electrons. The van der Waals surface area contributed by atoms with Crippen LogP contribution in [0.15, 0.2) is 35.8 Å². The maximum atomic E-state index is 12.2. The van der Waals surface area contributed by atoms with E-state index in [9.17, 15) is 4.79 Å². The van der Waals surface area contributed by atoms with Crippen molar-refractivity contribution in [2.24, 2.45) is 5.73 Å². The summed E-state index contributed by atoms with van der Waals surface area (Å²) in [5, 5.41) is 6.49. The van der Waals surface area contributed by atoms with Gasteiger partial charge in [0.1, 0.15) is 10.7 Å². The molecule has 3 N–H and O–H groups in total. The second-order valence-corrected chi connectivity index (χ2v) is 6.01. The summed E-state index contributed by atoms with van der Waals surface area (Å²) in [6.07, 6.45) is 3.17. The van der Waals surface area contributed by atoms with Crippen molar-refractivity contribution in [2.75, 3.05) is 5.32 Å². The van der Waals surface area contributed by atoms with Crippen LogP contribution in [0.4, 0.5) is 5.69 Å². The number of nitrogens with two attached hydrogens (primary N) is 1. The molecule has 3 rings (SSSR count). The molecular weight excluding hydrogens is 296 g/mol. The summed E-state index contributed by atoms with van der Waals surface area (Å²) in [7, 11) is 0. The van der Waals surface area contributed by atoms with Crippen molar-refractivity contribution in [2.45, 2.75) is 26.4 Å². The Bertz CT molecular complexity index is 805. The van der Waals surface area contributed by atoms with Crippen LogP contribution in [0.5, 0.6) is 0 Å². The molecule has 0 aliphatic rings. The second kappa shape index (κ2) is 6.29. The maximum Gasteiger partial charge on any atom is 0.275 e. The minimum atomic E-state index is -0.205. The molecule has 114 valence electrons. The van der Waals surface area contributed by atoms with Crippen molar-refractivity contribution >= 4 is 33.8 Å². The lowest BCUT2D eigenvalue weighted by molar-refractivity contribution is 0.102. The number of fused-ring (bicyclic) bond motifs is 1. The zero-order valence-electron chi connectivity index (χ0n) is 12.4. The van der Waals surface area contributed by atoms with Crippen LogP contribution >= 0.6 is 11.3 Å². The highest BCUT2D eigenvalue weighted by Crippen LogP contribution is 2.21. The fourth-order valence-electron chi connectivity index (χ4n) is 2.42. The van der Waals surface area contributed by atoms with Crippen molar-refractivity contribution in [3.05, 3.63) is 46.5 Å². The number of aryl methyl sites for hydroxylation is 1. The summed E-state index contributed by atoms with van der Waals surface area (Å²) in [6.45, 7) is 3.51. The quantitative estimate of drug-likeness (QED) is 0.759. The van der Waals surface area contributed by atoms with E-state index in [2.05, 4.69) is 34.1 Å². The third-order valence-corrected chi connectivity index (χ3v) is 4.32. The van der Waals surface area contributed by atoms with Gasteiger partial charge in [-0.3, -0.25) is 4.79 Å². The van der Waals surface area contributed by atoms with Gasteiger partial charge in [-0.05, 0) is 30.7 Å². The molecule has 0 saturated heterocycles. The lowest BCUT2D eigenvalue weighted by Gasteiger charge is -2.06. The van der Waals surface area contributed by atoms with E-state index in [1.807, 2.05) is 18.2 Å². The first-order valence-electron chi connectivity index (χ1n) is 7.26. The van der Waals surface area contributed by atoms with E-state index in [1.165, 1.54) is 16.9 Å². The van der Waals surface area contributed by atoms with Gasteiger partial charge < -0.3 is 15.6 Å².